The van der Waals surface area contributed by atoms with Crippen molar-refractivity contribution in [3.8, 4) is 0 Å². The third kappa shape index (κ3) is 6.30. The third-order valence-electron chi connectivity index (χ3n) is 3.81. The summed E-state index contributed by atoms with van der Waals surface area (Å²) in [5, 5.41) is 2.74. The summed E-state index contributed by atoms with van der Waals surface area (Å²) < 4.78 is 118. The summed E-state index contributed by atoms with van der Waals surface area (Å²) in [7, 11) is 0. The molecular weight excluding hydrogens is 438 g/mol. The molecule has 13 heteroatoms. The van der Waals surface area contributed by atoms with Gasteiger partial charge in [-0.25, -0.2) is 0 Å². The second-order valence-electron chi connectivity index (χ2n) is 5.53. The number of benzene rings is 1. The number of nitrogens with one attached hydrogen (secondary N) is 1. The van der Waals surface area contributed by atoms with Gasteiger partial charge in [0.2, 0.25) is 0 Å². The molecule has 2 nitrogen and oxygen atoms in total. The molecule has 1 fully saturated rings. The fourth-order valence-electron chi connectivity index (χ4n) is 2.74. The normalized spacial score (nSPS) is 17.7. The summed E-state index contributed by atoms with van der Waals surface area (Å²) in [5.41, 5.74) is -4.71. The average Bonchev–Trinajstić information content (AvgIpc) is 2.45. The molecule has 0 spiro atoms. The van der Waals surface area contributed by atoms with Gasteiger partial charge in [0.05, 0.1) is 11.1 Å². The summed E-state index contributed by atoms with van der Waals surface area (Å²) in [6.07, 6.45) is -15.4. The van der Waals surface area contributed by atoms with Gasteiger partial charge in [-0.2, -0.15) is 39.5 Å². The number of hydrogen-bond donors (Lipinski definition) is 1. The maximum atomic E-state index is 13.5. The van der Waals surface area contributed by atoms with Gasteiger partial charge < -0.3 is 5.32 Å². The van der Waals surface area contributed by atoms with E-state index in [0.717, 1.165) is 0 Å². The summed E-state index contributed by atoms with van der Waals surface area (Å²) in [5.74, 6) is 0. The van der Waals surface area contributed by atoms with E-state index < -0.39 is 41.3 Å². The Labute approximate surface area is 160 Å². The van der Waals surface area contributed by atoms with Crippen LogP contribution in [0, 0.1) is 0 Å². The highest BCUT2D eigenvalue weighted by Crippen LogP contribution is 2.45. The molecule has 1 aliphatic rings. The molecule has 158 valence electrons. The third-order valence-corrected chi connectivity index (χ3v) is 3.81. The summed E-state index contributed by atoms with van der Waals surface area (Å²) in [4.78, 5) is 0.710. The van der Waals surface area contributed by atoms with Crippen molar-refractivity contribution >= 4 is 24.8 Å². The fraction of sp³-hybridized carbons (Fsp3) is 0.571. The van der Waals surface area contributed by atoms with Crippen molar-refractivity contribution in [2.75, 3.05) is 26.2 Å². The highest BCUT2D eigenvalue weighted by molar-refractivity contribution is 5.85. The Hall–Kier alpha value is -0.910. The molecule has 0 saturated carbocycles. The molecule has 27 heavy (non-hydrogen) atoms. The molecule has 1 saturated heterocycles. The van der Waals surface area contributed by atoms with Gasteiger partial charge in [0.25, 0.3) is 0 Å². The van der Waals surface area contributed by atoms with E-state index in [2.05, 4.69) is 5.32 Å². The first-order chi connectivity index (χ1) is 11.3. The summed E-state index contributed by atoms with van der Waals surface area (Å²) >= 11 is 0. The van der Waals surface area contributed by atoms with Crippen molar-refractivity contribution in [3.05, 3.63) is 34.9 Å². The predicted octanol–water partition coefficient (Wildman–Crippen LogP) is 5.08. The van der Waals surface area contributed by atoms with Crippen LogP contribution >= 0.6 is 24.8 Å². The van der Waals surface area contributed by atoms with Crippen LogP contribution in [0.2, 0.25) is 0 Å². The van der Waals surface area contributed by atoms with Gasteiger partial charge in [0.1, 0.15) is 6.04 Å². The Kier molecular flexibility index (Phi) is 8.75. The highest BCUT2D eigenvalue weighted by atomic mass is 35.5. The van der Waals surface area contributed by atoms with Crippen LogP contribution in [0.15, 0.2) is 18.2 Å². The zero-order chi connectivity index (χ0) is 19.0. The van der Waals surface area contributed by atoms with Crippen molar-refractivity contribution in [1.82, 2.24) is 10.2 Å². The number of nitrogens with zero attached hydrogens (tertiary/aromatic N) is 1. The fourth-order valence-corrected chi connectivity index (χ4v) is 2.74. The molecule has 1 aliphatic heterocycles. The van der Waals surface area contributed by atoms with Gasteiger partial charge in [0, 0.05) is 26.2 Å². The SMILES string of the molecule is Cl.Cl.FC(F)(F)c1ccc(C(F)(F)F)c([C@H](N2CCNCC2)C(F)(F)F)c1. The van der Waals surface area contributed by atoms with Crippen LogP contribution in [0.4, 0.5) is 39.5 Å². The van der Waals surface area contributed by atoms with Gasteiger partial charge in [-0.1, -0.05) is 0 Å². The maximum Gasteiger partial charge on any atom is 0.416 e. The molecule has 0 aliphatic carbocycles. The second kappa shape index (κ2) is 9.06. The Balaban J connectivity index is 0.00000338. The lowest BCUT2D eigenvalue weighted by molar-refractivity contribution is -0.191. The van der Waals surface area contributed by atoms with Gasteiger partial charge >= 0.3 is 18.5 Å². The van der Waals surface area contributed by atoms with Crippen LogP contribution in [0.1, 0.15) is 22.7 Å². The van der Waals surface area contributed by atoms with Crippen LogP contribution in [0.5, 0.6) is 0 Å². The largest absolute Gasteiger partial charge is 0.416 e. The van der Waals surface area contributed by atoms with E-state index >= 15 is 0 Å². The Morgan fingerprint density at radius 1 is 0.815 bits per heavy atom. The highest BCUT2D eigenvalue weighted by Gasteiger charge is 2.49. The number of rotatable bonds is 2. The summed E-state index contributed by atoms with van der Waals surface area (Å²) in [6, 6.07) is -2.63. The number of piperazine rings is 1. The van der Waals surface area contributed by atoms with E-state index in [1.54, 1.807) is 0 Å². The van der Waals surface area contributed by atoms with Crippen LogP contribution in [0.25, 0.3) is 0 Å². The number of halogens is 11. The van der Waals surface area contributed by atoms with E-state index in [0.29, 0.717) is 4.90 Å². The monoisotopic (exact) mass is 452 g/mol. The van der Waals surface area contributed by atoms with Crippen LogP contribution in [-0.2, 0) is 12.4 Å². The molecule has 0 unspecified atom stereocenters. The lowest BCUT2D eigenvalue weighted by Crippen LogP contribution is -2.49. The predicted molar refractivity (Wildman–Crippen MR) is 84.2 cm³/mol. The van der Waals surface area contributed by atoms with Crippen molar-refractivity contribution in [2.24, 2.45) is 0 Å². The van der Waals surface area contributed by atoms with E-state index in [4.69, 9.17) is 0 Å². The van der Waals surface area contributed by atoms with E-state index in [1.807, 2.05) is 0 Å². The Bertz CT molecular complexity index is 608. The minimum absolute atomic E-state index is 0. The molecular formula is C14H15Cl2F9N2. The molecule has 1 heterocycles. The lowest BCUT2D eigenvalue weighted by Gasteiger charge is -2.37. The Morgan fingerprint density at radius 3 is 1.74 bits per heavy atom. The Morgan fingerprint density at radius 2 is 1.33 bits per heavy atom. The van der Waals surface area contributed by atoms with E-state index in [1.165, 1.54) is 0 Å². The molecule has 2 rings (SSSR count). The first-order valence-electron chi connectivity index (χ1n) is 7.11. The van der Waals surface area contributed by atoms with Gasteiger partial charge in [-0.3, -0.25) is 4.90 Å². The van der Waals surface area contributed by atoms with Gasteiger partial charge in [0.15, 0.2) is 0 Å². The smallest absolute Gasteiger partial charge is 0.314 e. The molecule has 0 amide bonds. The van der Waals surface area contributed by atoms with Crippen molar-refractivity contribution in [1.29, 1.82) is 0 Å². The minimum Gasteiger partial charge on any atom is -0.314 e. The van der Waals surface area contributed by atoms with Crippen LogP contribution < -0.4 is 5.32 Å². The lowest BCUT2D eigenvalue weighted by atomic mass is 9.95. The minimum atomic E-state index is -5.21. The average molecular weight is 453 g/mol. The zero-order valence-corrected chi connectivity index (χ0v) is 14.9. The van der Waals surface area contributed by atoms with E-state index in [9.17, 15) is 39.5 Å². The van der Waals surface area contributed by atoms with Crippen molar-refractivity contribution < 1.29 is 39.5 Å². The second-order valence-corrected chi connectivity index (χ2v) is 5.53. The van der Waals surface area contributed by atoms with E-state index in [-0.39, 0.29) is 69.2 Å². The van der Waals surface area contributed by atoms with Crippen LogP contribution in [-0.4, -0.2) is 37.3 Å². The summed E-state index contributed by atoms with van der Waals surface area (Å²) in [6.45, 7) is -0.296. The number of hydrogen-bond acceptors (Lipinski definition) is 2. The topological polar surface area (TPSA) is 15.3 Å². The van der Waals surface area contributed by atoms with Crippen LogP contribution in [0.3, 0.4) is 0 Å². The molecule has 1 aromatic rings. The molecule has 0 aromatic heterocycles. The van der Waals surface area contributed by atoms with Gasteiger partial charge in [-0.05, 0) is 23.8 Å². The standard InChI is InChI=1S/C14H13F9N2.2ClH/c15-12(16,17)8-1-2-10(13(18,19)20)9(7-8)11(14(21,22)23)25-5-3-24-4-6-25;;/h1-2,7,11,24H,3-6H2;2*1H/t11-;;/m0../s1. The van der Waals surface area contributed by atoms with Crippen molar-refractivity contribution in [2.45, 2.75) is 24.6 Å². The molecule has 1 N–H and O–H groups in total. The molecule has 1 atom stereocenters. The first-order valence-corrected chi connectivity index (χ1v) is 7.11. The maximum absolute atomic E-state index is 13.5. The zero-order valence-electron chi connectivity index (χ0n) is 13.3. The van der Waals surface area contributed by atoms with Gasteiger partial charge in [-0.15, -0.1) is 24.8 Å². The number of alkyl halides is 9. The molecule has 1 aromatic carbocycles. The molecule has 0 radical (unpaired) electrons. The molecule has 0 bridgehead atoms. The first kappa shape index (κ1) is 26.1. The quantitative estimate of drug-likeness (QED) is 0.629. The van der Waals surface area contributed by atoms with Crippen molar-refractivity contribution in [3.63, 3.8) is 0 Å².